The second-order valence-electron chi connectivity index (χ2n) is 8.06. The second-order valence-corrected chi connectivity index (χ2v) is 9.71. The van der Waals surface area contributed by atoms with Crippen molar-refractivity contribution in [2.45, 2.75) is 17.9 Å². The van der Waals surface area contributed by atoms with Crippen molar-refractivity contribution in [3.63, 3.8) is 0 Å². The third kappa shape index (κ3) is 6.12. The van der Waals surface area contributed by atoms with Crippen molar-refractivity contribution < 1.29 is 22.3 Å². The molecule has 3 rings (SSSR count). The normalized spacial score (nSPS) is 12.3. The lowest BCUT2D eigenvalue weighted by Gasteiger charge is -2.25. The summed E-state index contributed by atoms with van der Waals surface area (Å²) < 4.78 is 47.3. The van der Waals surface area contributed by atoms with Gasteiger partial charge < -0.3 is 15.0 Å². The highest BCUT2D eigenvalue weighted by Crippen LogP contribution is 2.23. The van der Waals surface area contributed by atoms with Crippen LogP contribution in [0.25, 0.3) is 0 Å². The first-order chi connectivity index (χ1) is 16.1. The minimum absolute atomic E-state index is 0.00487. The van der Waals surface area contributed by atoms with Gasteiger partial charge >= 0.3 is 0 Å². The Kier molecular flexibility index (Phi) is 7.90. The van der Waals surface area contributed by atoms with E-state index in [1.54, 1.807) is 55.5 Å². The van der Waals surface area contributed by atoms with Crippen molar-refractivity contribution in [2.24, 2.45) is 0 Å². The molecule has 0 aliphatic carbocycles. The number of hydrogen-bond donors (Lipinski definition) is 2. The molecule has 7 nitrogen and oxygen atoms in total. The molecule has 0 aliphatic rings. The van der Waals surface area contributed by atoms with E-state index in [4.69, 9.17) is 4.74 Å². The molecular weight excluding hydrogens is 457 g/mol. The van der Waals surface area contributed by atoms with Gasteiger partial charge in [-0.2, -0.15) is 0 Å². The molecule has 1 unspecified atom stereocenters. The minimum atomic E-state index is -3.93. The Labute approximate surface area is 199 Å². The van der Waals surface area contributed by atoms with E-state index >= 15 is 0 Å². The Morgan fingerprint density at radius 1 is 1.06 bits per heavy atom. The lowest BCUT2D eigenvalue weighted by molar-refractivity contribution is 0.0941. The van der Waals surface area contributed by atoms with Gasteiger partial charge in [0.05, 0.1) is 18.0 Å². The van der Waals surface area contributed by atoms with E-state index in [0.29, 0.717) is 17.0 Å². The van der Waals surface area contributed by atoms with Crippen molar-refractivity contribution >= 4 is 21.6 Å². The summed E-state index contributed by atoms with van der Waals surface area (Å²) in [5.74, 6) is -0.176. The van der Waals surface area contributed by atoms with Gasteiger partial charge in [0.2, 0.25) is 0 Å². The number of benzene rings is 3. The quantitative estimate of drug-likeness (QED) is 0.479. The Hall–Kier alpha value is -3.43. The van der Waals surface area contributed by atoms with Gasteiger partial charge in [-0.1, -0.05) is 18.2 Å². The number of ether oxygens (including phenoxy) is 1. The van der Waals surface area contributed by atoms with Gasteiger partial charge in [-0.25, -0.2) is 12.8 Å². The number of aryl methyl sites for hydroxylation is 1. The highest BCUT2D eigenvalue weighted by atomic mass is 32.2. The topological polar surface area (TPSA) is 87.7 Å². The molecule has 0 aliphatic heterocycles. The van der Waals surface area contributed by atoms with E-state index in [0.717, 1.165) is 5.56 Å². The van der Waals surface area contributed by atoms with Crippen molar-refractivity contribution in [1.29, 1.82) is 0 Å². The number of nitrogens with zero attached hydrogens (tertiary/aromatic N) is 1. The Morgan fingerprint density at radius 3 is 2.38 bits per heavy atom. The molecule has 180 valence electrons. The molecular formula is C25H28FN3O4S. The number of nitrogens with one attached hydrogen (secondary N) is 2. The van der Waals surface area contributed by atoms with Crippen molar-refractivity contribution in [1.82, 2.24) is 10.2 Å². The van der Waals surface area contributed by atoms with Crippen molar-refractivity contribution in [2.75, 3.05) is 32.5 Å². The van der Waals surface area contributed by atoms with Crippen LogP contribution >= 0.6 is 0 Å². The molecule has 0 saturated heterocycles. The van der Waals surface area contributed by atoms with E-state index in [9.17, 15) is 17.6 Å². The Morgan fingerprint density at radius 2 is 1.76 bits per heavy atom. The predicted molar refractivity (Wildman–Crippen MR) is 130 cm³/mol. The van der Waals surface area contributed by atoms with Crippen LogP contribution in [-0.4, -0.2) is 47.0 Å². The van der Waals surface area contributed by atoms with Gasteiger partial charge in [-0.15, -0.1) is 0 Å². The summed E-state index contributed by atoms with van der Waals surface area (Å²) in [6, 6.07) is 16.9. The van der Waals surface area contributed by atoms with Gasteiger partial charge in [-0.3, -0.25) is 9.52 Å². The maximum atomic E-state index is 13.7. The van der Waals surface area contributed by atoms with Gasteiger partial charge in [0.15, 0.2) is 0 Å². The average molecular weight is 486 g/mol. The zero-order valence-corrected chi connectivity index (χ0v) is 20.3. The van der Waals surface area contributed by atoms with Gasteiger partial charge in [0, 0.05) is 17.8 Å². The second kappa shape index (κ2) is 10.7. The molecule has 0 spiro atoms. The van der Waals surface area contributed by atoms with Crippen molar-refractivity contribution in [3.05, 3.63) is 89.2 Å². The third-order valence-electron chi connectivity index (χ3n) is 5.39. The number of carbonyl (C=O) groups excluding carboxylic acids is 1. The van der Waals surface area contributed by atoms with Gasteiger partial charge in [-0.05, 0) is 80.7 Å². The lowest BCUT2D eigenvalue weighted by atomic mass is 10.1. The molecule has 0 saturated carbocycles. The first-order valence-corrected chi connectivity index (χ1v) is 12.1. The number of halogens is 1. The maximum absolute atomic E-state index is 13.7. The number of carbonyl (C=O) groups is 1. The number of sulfonamides is 1. The predicted octanol–water partition coefficient (Wildman–Crippen LogP) is 3.98. The molecule has 0 bridgehead atoms. The third-order valence-corrected chi connectivity index (χ3v) is 6.92. The highest BCUT2D eigenvalue weighted by Gasteiger charge is 2.21. The number of amides is 1. The Balaban J connectivity index is 1.78. The lowest BCUT2D eigenvalue weighted by Crippen LogP contribution is -2.34. The smallest absolute Gasteiger partial charge is 0.262 e. The molecule has 3 aromatic carbocycles. The molecule has 1 amide bonds. The summed E-state index contributed by atoms with van der Waals surface area (Å²) in [5.41, 5.74) is 1.81. The number of hydrogen-bond acceptors (Lipinski definition) is 5. The van der Waals surface area contributed by atoms with E-state index < -0.39 is 15.9 Å². The van der Waals surface area contributed by atoms with Crippen LogP contribution in [0.2, 0.25) is 0 Å². The standard InChI is InChI=1S/C25H28FN3O4S/c1-17-8-9-19(15-24(17)34(31,32)28-21-10-12-22(33-4)13-11-21)25(30)27-16-23(29(2)3)18-6-5-7-20(26)14-18/h5-15,23,28H,16H2,1-4H3,(H,27,30). The number of rotatable bonds is 9. The molecule has 34 heavy (non-hydrogen) atoms. The number of anilines is 1. The van der Waals surface area contributed by atoms with Crippen LogP contribution in [0.3, 0.4) is 0 Å². The summed E-state index contributed by atoms with van der Waals surface area (Å²) in [7, 11) is 1.27. The summed E-state index contributed by atoms with van der Waals surface area (Å²) in [5, 5.41) is 2.83. The average Bonchev–Trinajstić information content (AvgIpc) is 2.79. The van der Waals surface area contributed by atoms with E-state index in [1.807, 2.05) is 19.0 Å². The molecule has 0 heterocycles. The largest absolute Gasteiger partial charge is 0.497 e. The zero-order valence-electron chi connectivity index (χ0n) is 19.5. The van der Waals surface area contributed by atoms with Gasteiger partial charge in [0.1, 0.15) is 11.6 Å². The van der Waals surface area contributed by atoms with Gasteiger partial charge in [0.25, 0.3) is 15.9 Å². The molecule has 9 heteroatoms. The van der Waals surface area contributed by atoms with Crippen LogP contribution in [-0.2, 0) is 10.0 Å². The minimum Gasteiger partial charge on any atom is -0.497 e. The fourth-order valence-electron chi connectivity index (χ4n) is 3.50. The Bertz CT molecular complexity index is 1260. The number of methoxy groups -OCH3 is 1. The van der Waals surface area contributed by atoms with Crippen LogP contribution in [0.15, 0.2) is 71.6 Å². The van der Waals surface area contributed by atoms with E-state index in [2.05, 4.69) is 10.0 Å². The van der Waals surface area contributed by atoms with Crippen molar-refractivity contribution in [3.8, 4) is 5.75 Å². The van der Waals surface area contributed by atoms with E-state index in [-0.39, 0.29) is 28.9 Å². The highest BCUT2D eigenvalue weighted by molar-refractivity contribution is 7.92. The zero-order chi connectivity index (χ0) is 24.9. The SMILES string of the molecule is COc1ccc(NS(=O)(=O)c2cc(C(=O)NCC(c3cccc(F)c3)N(C)C)ccc2C)cc1. The molecule has 1 atom stereocenters. The first kappa shape index (κ1) is 25.2. The maximum Gasteiger partial charge on any atom is 0.262 e. The fourth-order valence-corrected chi connectivity index (χ4v) is 4.83. The molecule has 2 N–H and O–H groups in total. The summed E-state index contributed by atoms with van der Waals surface area (Å²) >= 11 is 0. The van der Waals surface area contributed by atoms with Crippen LogP contribution in [0.1, 0.15) is 27.5 Å². The molecule has 0 radical (unpaired) electrons. The van der Waals surface area contributed by atoms with E-state index in [1.165, 1.54) is 25.3 Å². The molecule has 0 aromatic heterocycles. The van der Waals surface area contributed by atoms with Crippen LogP contribution in [0.5, 0.6) is 5.75 Å². The summed E-state index contributed by atoms with van der Waals surface area (Å²) in [6.07, 6.45) is 0. The van der Waals surface area contributed by atoms with Crippen LogP contribution in [0.4, 0.5) is 10.1 Å². The fraction of sp³-hybridized carbons (Fsp3) is 0.240. The van der Waals surface area contributed by atoms with Crippen LogP contribution in [0, 0.1) is 12.7 Å². The molecule has 3 aromatic rings. The monoisotopic (exact) mass is 485 g/mol. The number of likely N-dealkylation sites (N-methyl/N-ethyl adjacent to an activating group) is 1. The summed E-state index contributed by atoms with van der Waals surface area (Å²) in [6.45, 7) is 1.88. The summed E-state index contributed by atoms with van der Waals surface area (Å²) in [4.78, 5) is 14.7. The van der Waals surface area contributed by atoms with Crippen LogP contribution < -0.4 is 14.8 Å². The first-order valence-electron chi connectivity index (χ1n) is 10.6. The molecule has 0 fully saturated rings.